The van der Waals surface area contributed by atoms with Crippen LogP contribution in [0.25, 0.3) is 0 Å². The number of rotatable bonds is 7. The van der Waals surface area contributed by atoms with Crippen LogP contribution in [0.15, 0.2) is 29.3 Å². The molecular weight excluding hydrogens is 278 g/mol. The zero-order chi connectivity index (χ0) is 15.0. The van der Waals surface area contributed by atoms with Crippen molar-refractivity contribution in [3.8, 4) is 5.75 Å². The van der Waals surface area contributed by atoms with Gasteiger partial charge >= 0.3 is 11.9 Å². The maximum atomic E-state index is 11.1. The highest BCUT2D eigenvalue weighted by atomic mass is 32.2. The van der Waals surface area contributed by atoms with Crippen LogP contribution in [0, 0.1) is 0 Å². The molecule has 0 aliphatic heterocycles. The van der Waals surface area contributed by atoms with E-state index in [1.807, 2.05) is 6.26 Å². The summed E-state index contributed by atoms with van der Waals surface area (Å²) < 4.78 is 5.04. The third kappa shape index (κ3) is 5.44. The van der Waals surface area contributed by atoms with Crippen LogP contribution in [0.1, 0.15) is 18.9 Å². The monoisotopic (exact) mass is 295 g/mol. The summed E-state index contributed by atoms with van der Waals surface area (Å²) in [7, 11) is 0. The Hall–Kier alpha value is -1.82. The molecule has 0 saturated heterocycles. The summed E-state index contributed by atoms with van der Waals surface area (Å²) in [5.41, 5.74) is 0.582. The minimum Gasteiger partial charge on any atom is -0.480 e. The smallest absolute Gasteiger partial charge is 0.328 e. The van der Waals surface area contributed by atoms with Crippen molar-refractivity contribution in [3.63, 3.8) is 0 Å². The maximum Gasteiger partial charge on any atom is 0.328 e. The van der Waals surface area contributed by atoms with E-state index in [9.17, 15) is 9.59 Å². The summed E-state index contributed by atoms with van der Waals surface area (Å²) in [6, 6.07) is 6.08. The van der Waals surface area contributed by atoms with E-state index in [-0.39, 0.29) is 0 Å². The molecule has 1 N–H and O–H groups in total. The van der Waals surface area contributed by atoms with Gasteiger partial charge in [0.15, 0.2) is 0 Å². The standard InChI is InChI=1S/C14H17NO4S/c1-10(16)19-13-6-4-3-5-11(13)9-15-12(14(17)18)7-8-20-2/h3-6,9,12H,7-8H2,1-2H3,(H,17,18)/t12-/m0/s1. The number of carboxylic acids is 1. The number of hydrogen-bond acceptors (Lipinski definition) is 5. The molecule has 0 aliphatic rings. The van der Waals surface area contributed by atoms with Crippen LogP contribution in [-0.2, 0) is 9.59 Å². The lowest BCUT2D eigenvalue weighted by atomic mass is 10.2. The molecule has 0 aliphatic carbocycles. The second kappa shape index (κ2) is 8.37. The number of esters is 1. The average Bonchev–Trinajstić information content (AvgIpc) is 2.39. The van der Waals surface area contributed by atoms with Crippen molar-refractivity contribution >= 4 is 29.9 Å². The number of nitrogens with zero attached hydrogens (tertiary/aromatic N) is 1. The van der Waals surface area contributed by atoms with E-state index in [1.54, 1.807) is 36.0 Å². The van der Waals surface area contributed by atoms with Gasteiger partial charge in [0.2, 0.25) is 0 Å². The minimum atomic E-state index is -0.958. The topological polar surface area (TPSA) is 76.0 Å². The Balaban J connectivity index is 2.86. The highest BCUT2D eigenvalue weighted by Gasteiger charge is 2.14. The Morgan fingerprint density at radius 1 is 1.45 bits per heavy atom. The molecular formula is C14H17NO4S. The van der Waals surface area contributed by atoms with Crippen molar-refractivity contribution in [1.29, 1.82) is 0 Å². The van der Waals surface area contributed by atoms with Gasteiger partial charge in [-0.15, -0.1) is 0 Å². The summed E-state index contributed by atoms with van der Waals surface area (Å²) in [6.07, 6.45) is 3.82. The number of ether oxygens (including phenoxy) is 1. The van der Waals surface area contributed by atoms with E-state index < -0.39 is 18.0 Å². The van der Waals surface area contributed by atoms with Gasteiger partial charge in [0.1, 0.15) is 11.8 Å². The summed E-state index contributed by atoms with van der Waals surface area (Å²) in [5.74, 6) is -0.291. The van der Waals surface area contributed by atoms with Crippen LogP contribution in [0.3, 0.4) is 0 Å². The molecule has 1 aromatic carbocycles. The highest BCUT2D eigenvalue weighted by Crippen LogP contribution is 2.16. The minimum absolute atomic E-state index is 0.373. The summed E-state index contributed by atoms with van der Waals surface area (Å²) in [4.78, 5) is 26.1. The number of thioether (sulfide) groups is 1. The van der Waals surface area contributed by atoms with E-state index in [1.165, 1.54) is 13.1 Å². The van der Waals surface area contributed by atoms with Gasteiger partial charge in [-0.1, -0.05) is 12.1 Å². The van der Waals surface area contributed by atoms with Crippen LogP contribution in [-0.4, -0.2) is 41.3 Å². The molecule has 20 heavy (non-hydrogen) atoms. The van der Waals surface area contributed by atoms with E-state index in [2.05, 4.69) is 4.99 Å². The summed E-state index contributed by atoms with van der Waals surface area (Å²) >= 11 is 1.57. The fraction of sp³-hybridized carbons (Fsp3) is 0.357. The molecule has 0 saturated carbocycles. The Labute approximate surface area is 122 Å². The van der Waals surface area contributed by atoms with Crippen molar-refractivity contribution in [1.82, 2.24) is 0 Å². The molecule has 0 fully saturated rings. The number of benzene rings is 1. The van der Waals surface area contributed by atoms with Crippen molar-refractivity contribution in [3.05, 3.63) is 29.8 Å². The van der Waals surface area contributed by atoms with E-state index in [4.69, 9.17) is 9.84 Å². The average molecular weight is 295 g/mol. The molecule has 0 aromatic heterocycles. The van der Waals surface area contributed by atoms with Gasteiger partial charge in [0.05, 0.1) is 0 Å². The fourth-order valence-electron chi connectivity index (χ4n) is 1.50. The van der Waals surface area contributed by atoms with Crippen LogP contribution >= 0.6 is 11.8 Å². The Morgan fingerprint density at radius 3 is 2.75 bits per heavy atom. The summed E-state index contributed by atoms with van der Waals surface area (Å²) in [5, 5.41) is 9.08. The van der Waals surface area contributed by atoms with Gasteiger partial charge < -0.3 is 9.84 Å². The van der Waals surface area contributed by atoms with Gasteiger partial charge in [-0.3, -0.25) is 9.79 Å². The third-order valence-corrected chi connectivity index (χ3v) is 3.09. The predicted octanol–water partition coefficient (Wildman–Crippen LogP) is 2.24. The van der Waals surface area contributed by atoms with Crippen molar-refractivity contribution in [2.75, 3.05) is 12.0 Å². The largest absolute Gasteiger partial charge is 0.480 e. The molecule has 108 valence electrons. The molecule has 0 spiro atoms. The third-order valence-electron chi connectivity index (χ3n) is 2.45. The number of carbonyl (C=O) groups excluding carboxylic acids is 1. The quantitative estimate of drug-likeness (QED) is 0.474. The van der Waals surface area contributed by atoms with Gasteiger partial charge in [0, 0.05) is 18.7 Å². The zero-order valence-corrected chi connectivity index (χ0v) is 12.2. The normalized spacial score (nSPS) is 12.3. The number of aliphatic imine (C=N–C) groups is 1. The van der Waals surface area contributed by atoms with Crippen molar-refractivity contribution in [2.24, 2.45) is 4.99 Å². The number of hydrogen-bond donors (Lipinski definition) is 1. The Bertz CT molecular complexity index is 502. The lowest BCUT2D eigenvalue weighted by molar-refractivity contribution is -0.138. The second-order valence-corrected chi connectivity index (χ2v) is 5.03. The maximum absolute atomic E-state index is 11.1. The molecule has 1 rings (SSSR count). The first-order valence-corrected chi connectivity index (χ1v) is 7.46. The number of carboxylic acid groups (broad SMARTS) is 1. The van der Waals surface area contributed by atoms with Crippen LogP contribution < -0.4 is 4.74 Å². The first kappa shape index (κ1) is 16.2. The van der Waals surface area contributed by atoms with Gasteiger partial charge in [-0.25, -0.2) is 4.79 Å². The predicted molar refractivity (Wildman–Crippen MR) is 79.8 cm³/mol. The fourth-order valence-corrected chi connectivity index (χ4v) is 1.96. The molecule has 1 atom stereocenters. The molecule has 0 amide bonds. The van der Waals surface area contributed by atoms with E-state index in [0.29, 0.717) is 17.7 Å². The number of carbonyl (C=O) groups is 2. The second-order valence-electron chi connectivity index (χ2n) is 4.05. The number of aliphatic carboxylic acids is 1. The van der Waals surface area contributed by atoms with E-state index in [0.717, 1.165) is 5.75 Å². The molecule has 0 unspecified atom stereocenters. The molecule has 0 radical (unpaired) electrons. The van der Waals surface area contributed by atoms with Gasteiger partial charge in [-0.05, 0) is 30.6 Å². The summed E-state index contributed by atoms with van der Waals surface area (Å²) in [6.45, 7) is 1.31. The van der Waals surface area contributed by atoms with Crippen molar-refractivity contribution in [2.45, 2.75) is 19.4 Å². The number of para-hydroxylation sites is 1. The lowest BCUT2D eigenvalue weighted by Gasteiger charge is -2.07. The Kier molecular flexibility index (Phi) is 6.79. The molecule has 5 nitrogen and oxygen atoms in total. The van der Waals surface area contributed by atoms with Gasteiger partial charge in [-0.2, -0.15) is 11.8 Å². The first-order chi connectivity index (χ1) is 9.54. The zero-order valence-electron chi connectivity index (χ0n) is 11.4. The molecule has 1 aromatic rings. The van der Waals surface area contributed by atoms with Crippen LogP contribution in [0.5, 0.6) is 5.75 Å². The van der Waals surface area contributed by atoms with Gasteiger partial charge in [0.25, 0.3) is 0 Å². The molecule has 0 bridgehead atoms. The molecule has 6 heteroatoms. The highest BCUT2D eigenvalue weighted by molar-refractivity contribution is 7.98. The van der Waals surface area contributed by atoms with E-state index >= 15 is 0 Å². The Morgan fingerprint density at radius 2 is 2.15 bits per heavy atom. The first-order valence-electron chi connectivity index (χ1n) is 6.07. The van der Waals surface area contributed by atoms with Crippen molar-refractivity contribution < 1.29 is 19.4 Å². The lowest BCUT2D eigenvalue weighted by Crippen LogP contribution is -2.19. The molecule has 0 heterocycles. The van der Waals surface area contributed by atoms with Crippen LogP contribution in [0.4, 0.5) is 0 Å². The van der Waals surface area contributed by atoms with Crippen LogP contribution in [0.2, 0.25) is 0 Å². The SMILES string of the molecule is CSCC[C@H](N=Cc1ccccc1OC(C)=O)C(=O)O.